The Bertz CT molecular complexity index is 617. The summed E-state index contributed by atoms with van der Waals surface area (Å²) in [6.07, 6.45) is 3.84. The number of hydrogen-bond donors (Lipinski definition) is 0. The zero-order chi connectivity index (χ0) is 14.7. The second-order valence-corrected chi connectivity index (χ2v) is 4.44. The smallest absolute Gasteiger partial charge is 0.319 e. The van der Waals surface area contributed by atoms with E-state index in [-0.39, 0.29) is 23.4 Å². The largest absolute Gasteiger partial charge is 0.334 e. The first-order chi connectivity index (χ1) is 9.49. The van der Waals surface area contributed by atoms with Gasteiger partial charge in [-0.2, -0.15) is 8.78 Å². The average Bonchev–Trinajstić information content (AvgIpc) is 2.86. The van der Waals surface area contributed by atoms with Crippen LogP contribution in [0.3, 0.4) is 0 Å². The molecule has 1 amide bonds. The number of rotatable bonds is 4. The number of nitrogens with zero attached hydrogens (tertiary/aromatic N) is 4. The van der Waals surface area contributed by atoms with Crippen molar-refractivity contribution in [1.29, 1.82) is 0 Å². The second-order valence-electron chi connectivity index (χ2n) is 4.06. The fraction of sp³-hybridized carbons (Fsp3) is 0.250. The molecule has 2 aromatic rings. The number of hydrogen-bond acceptors (Lipinski definition) is 3. The Morgan fingerprint density at radius 1 is 1.45 bits per heavy atom. The molecule has 0 aliphatic heterocycles. The zero-order valence-electron chi connectivity index (χ0n) is 10.5. The van der Waals surface area contributed by atoms with Crippen molar-refractivity contribution in [2.45, 2.75) is 13.1 Å². The maximum Gasteiger partial charge on any atom is 0.319 e. The summed E-state index contributed by atoms with van der Waals surface area (Å²) in [7, 11) is 1.50. The average molecular weight is 301 g/mol. The summed E-state index contributed by atoms with van der Waals surface area (Å²) in [4.78, 5) is 21.0. The van der Waals surface area contributed by atoms with Crippen LogP contribution in [0.25, 0.3) is 0 Å². The fourth-order valence-corrected chi connectivity index (χ4v) is 1.86. The van der Waals surface area contributed by atoms with Crippen LogP contribution in [0.1, 0.15) is 22.7 Å². The normalized spacial score (nSPS) is 10.8. The van der Waals surface area contributed by atoms with Gasteiger partial charge in [-0.05, 0) is 12.1 Å². The summed E-state index contributed by atoms with van der Waals surface area (Å²) in [5, 5.41) is 0.193. The Morgan fingerprint density at radius 2 is 2.20 bits per heavy atom. The maximum absolute atomic E-state index is 12.7. The van der Waals surface area contributed by atoms with Gasteiger partial charge in [-0.25, -0.2) is 9.97 Å². The number of imidazole rings is 1. The van der Waals surface area contributed by atoms with E-state index in [1.54, 1.807) is 0 Å². The molecule has 0 radical (unpaired) electrons. The zero-order valence-corrected chi connectivity index (χ0v) is 11.3. The van der Waals surface area contributed by atoms with Crippen molar-refractivity contribution in [3.63, 3.8) is 0 Å². The van der Waals surface area contributed by atoms with Crippen molar-refractivity contribution >= 4 is 17.5 Å². The minimum Gasteiger partial charge on any atom is -0.334 e. The quantitative estimate of drug-likeness (QED) is 0.816. The molecular weight excluding hydrogens is 290 g/mol. The molecule has 106 valence electrons. The van der Waals surface area contributed by atoms with Gasteiger partial charge in [0.1, 0.15) is 11.0 Å². The summed E-state index contributed by atoms with van der Waals surface area (Å²) < 4.78 is 26.1. The van der Waals surface area contributed by atoms with E-state index in [0.717, 1.165) is 0 Å². The molecule has 0 unspecified atom stereocenters. The molecule has 0 saturated heterocycles. The molecule has 2 heterocycles. The monoisotopic (exact) mass is 300 g/mol. The topological polar surface area (TPSA) is 51.0 Å². The lowest BCUT2D eigenvalue weighted by atomic mass is 10.2. The van der Waals surface area contributed by atoms with Gasteiger partial charge in [-0.1, -0.05) is 11.6 Å². The molecule has 0 fully saturated rings. The standard InChI is InChI=1S/C12H11ClF2N4O/c1-18(7-10-17-4-5-19(10)12(14)15)11(20)8-2-3-16-9(13)6-8/h2-6,12H,7H2,1H3. The Morgan fingerprint density at radius 3 is 2.85 bits per heavy atom. The SMILES string of the molecule is CN(Cc1nccn1C(F)F)C(=O)c1ccnc(Cl)c1. The van der Waals surface area contributed by atoms with E-state index in [9.17, 15) is 13.6 Å². The number of aromatic nitrogens is 3. The predicted octanol–water partition coefficient (Wildman–Crippen LogP) is 2.60. The van der Waals surface area contributed by atoms with Gasteiger partial charge in [-0.3, -0.25) is 9.36 Å². The predicted molar refractivity (Wildman–Crippen MR) is 68.5 cm³/mol. The molecule has 0 aliphatic carbocycles. The van der Waals surface area contributed by atoms with Crippen molar-refractivity contribution < 1.29 is 13.6 Å². The van der Waals surface area contributed by atoms with Crippen molar-refractivity contribution in [2.75, 3.05) is 7.05 Å². The molecule has 0 aromatic carbocycles. The molecule has 2 rings (SSSR count). The number of halogens is 3. The third kappa shape index (κ3) is 3.11. The van der Waals surface area contributed by atoms with Crippen molar-refractivity contribution in [3.05, 3.63) is 47.3 Å². The van der Waals surface area contributed by atoms with Crippen LogP contribution in [0, 0.1) is 0 Å². The van der Waals surface area contributed by atoms with E-state index >= 15 is 0 Å². The van der Waals surface area contributed by atoms with Crippen LogP contribution in [0.2, 0.25) is 5.15 Å². The van der Waals surface area contributed by atoms with Crippen LogP contribution in [-0.2, 0) is 6.54 Å². The maximum atomic E-state index is 12.7. The van der Waals surface area contributed by atoms with Crippen molar-refractivity contribution in [3.8, 4) is 0 Å². The Labute approximate surface area is 118 Å². The summed E-state index contributed by atoms with van der Waals surface area (Å²) in [6, 6.07) is 2.92. The first-order valence-corrected chi connectivity index (χ1v) is 6.03. The highest BCUT2D eigenvalue weighted by atomic mass is 35.5. The van der Waals surface area contributed by atoms with Crippen LogP contribution >= 0.6 is 11.6 Å². The number of alkyl halides is 2. The number of amides is 1. The minimum atomic E-state index is -2.69. The summed E-state index contributed by atoms with van der Waals surface area (Å²) in [6.45, 7) is -2.72. The lowest BCUT2D eigenvalue weighted by Gasteiger charge is -2.17. The van der Waals surface area contributed by atoms with E-state index in [4.69, 9.17) is 11.6 Å². The fourth-order valence-electron chi connectivity index (χ4n) is 1.68. The van der Waals surface area contributed by atoms with Gasteiger partial charge in [0.2, 0.25) is 0 Å². The summed E-state index contributed by atoms with van der Waals surface area (Å²) in [5.41, 5.74) is 0.336. The van der Waals surface area contributed by atoms with Gasteiger partial charge in [-0.15, -0.1) is 0 Å². The van der Waals surface area contributed by atoms with Crippen LogP contribution in [0.15, 0.2) is 30.7 Å². The van der Waals surface area contributed by atoms with E-state index in [1.165, 1.54) is 42.7 Å². The van der Waals surface area contributed by atoms with Crippen LogP contribution in [-0.4, -0.2) is 32.4 Å². The molecule has 5 nitrogen and oxygen atoms in total. The molecule has 0 N–H and O–H groups in total. The Balaban J connectivity index is 2.14. The lowest BCUT2D eigenvalue weighted by Crippen LogP contribution is -2.27. The Kier molecular flexibility index (Phi) is 4.29. The van der Waals surface area contributed by atoms with Gasteiger partial charge in [0.25, 0.3) is 5.91 Å². The van der Waals surface area contributed by atoms with Gasteiger partial charge in [0, 0.05) is 31.2 Å². The summed E-state index contributed by atoms with van der Waals surface area (Å²) >= 11 is 5.71. The molecule has 0 atom stereocenters. The lowest BCUT2D eigenvalue weighted by molar-refractivity contribution is 0.0612. The highest BCUT2D eigenvalue weighted by Gasteiger charge is 2.17. The van der Waals surface area contributed by atoms with Crippen molar-refractivity contribution in [2.24, 2.45) is 0 Å². The van der Waals surface area contributed by atoms with Crippen LogP contribution < -0.4 is 0 Å². The Hall–Kier alpha value is -2.02. The minimum absolute atomic E-state index is 0.0316. The molecule has 8 heteroatoms. The first-order valence-electron chi connectivity index (χ1n) is 5.66. The van der Waals surface area contributed by atoms with E-state index in [2.05, 4.69) is 9.97 Å². The molecule has 0 spiro atoms. The molecule has 0 bridgehead atoms. The second kappa shape index (κ2) is 5.96. The highest BCUT2D eigenvalue weighted by molar-refractivity contribution is 6.29. The van der Waals surface area contributed by atoms with E-state index in [0.29, 0.717) is 10.1 Å². The number of carbonyl (C=O) groups excluding carboxylic acids is 1. The molecule has 2 aromatic heterocycles. The van der Waals surface area contributed by atoms with E-state index < -0.39 is 6.55 Å². The van der Waals surface area contributed by atoms with E-state index in [1.807, 2.05) is 0 Å². The van der Waals surface area contributed by atoms with Crippen LogP contribution in [0.5, 0.6) is 0 Å². The molecule has 0 saturated carbocycles. The van der Waals surface area contributed by atoms with Gasteiger partial charge in [0.15, 0.2) is 0 Å². The highest BCUT2D eigenvalue weighted by Crippen LogP contribution is 2.15. The number of pyridine rings is 1. The number of carbonyl (C=O) groups is 1. The molecular formula is C12H11ClF2N4O. The van der Waals surface area contributed by atoms with Crippen LogP contribution in [0.4, 0.5) is 8.78 Å². The first kappa shape index (κ1) is 14.4. The van der Waals surface area contributed by atoms with Gasteiger partial charge >= 0.3 is 6.55 Å². The molecule has 0 aliphatic rings. The third-order valence-electron chi connectivity index (χ3n) is 2.66. The third-order valence-corrected chi connectivity index (χ3v) is 2.86. The van der Waals surface area contributed by atoms with Gasteiger partial charge < -0.3 is 4.90 Å². The summed E-state index contributed by atoms with van der Waals surface area (Å²) in [5.74, 6) is -0.242. The van der Waals surface area contributed by atoms with Gasteiger partial charge in [0.05, 0.1) is 6.54 Å². The molecule has 20 heavy (non-hydrogen) atoms. The van der Waals surface area contributed by atoms with Crippen molar-refractivity contribution in [1.82, 2.24) is 19.4 Å².